The third kappa shape index (κ3) is 2.84. The van der Waals surface area contributed by atoms with Gasteiger partial charge in [-0.15, -0.1) is 0 Å². The Morgan fingerprint density at radius 1 is 1.23 bits per heavy atom. The summed E-state index contributed by atoms with van der Waals surface area (Å²) in [5, 5.41) is 10.5. The Labute approximate surface area is 206 Å². The Hall–Kier alpha value is -2.44. The van der Waals surface area contributed by atoms with Crippen molar-refractivity contribution in [1.29, 1.82) is 0 Å². The zero-order chi connectivity index (χ0) is 23.2. The number of alkyl halides is 1. The molecule has 7 atom stereocenters. The van der Waals surface area contributed by atoms with E-state index >= 15 is 0 Å². The molecule has 7 rings (SSSR count). The summed E-state index contributed by atoms with van der Waals surface area (Å²) in [6.07, 6.45) is 2.55. The lowest BCUT2D eigenvalue weighted by atomic mass is 9.46. The van der Waals surface area contributed by atoms with Gasteiger partial charge in [0, 0.05) is 42.1 Å². The normalized spacial score (nSPS) is 37.3. The van der Waals surface area contributed by atoms with E-state index < -0.39 is 6.17 Å². The number of rotatable bonds is 3. The van der Waals surface area contributed by atoms with Gasteiger partial charge in [0.1, 0.15) is 11.9 Å². The highest BCUT2D eigenvalue weighted by atomic mass is 19.1. The fourth-order valence-corrected chi connectivity index (χ4v) is 8.69. The molecule has 4 bridgehead atoms. The molecule has 1 amide bonds. The van der Waals surface area contributed by atoms with Crippen molar-refractivity contribution in [1.82, 2.24) is 9.80 Å². The van der Waals surface area contributed by atoms with Crippen LogP contribution in [0, 0.1) is 5.92 Å². The van der Waals surface area contributed by atoms with E-state index in [-0.39, 0.29) is 54.2 Å². The summed E-state index contributed by atoms with van der Waals surface area (Å²) in [6.45, 7) is 3.49. The molecule has 1 N–H and O–H groups in total. The van der Waals surface area contributed by atoms with E-state index in [1.165, 1.54) is 11.1 Å². The molecule has 0 aromatic heterocycles. The monoisotopic (exact) mass is 478 g/mol. The Kier molecular flexibility index (Phi) is 5.11. The van der Waals surface area contributed by atoms with Crippen LogP contribution in [-0.4, -0.2) is 70.4 Å². The molecule has 5 aliphatic rings. The van der Waals surface area contributed by atoms with Gasteiger partial charge in [-0.05, 0) is 74.5 Å². The number of amides is 1. The van der Waals surface area contributed by atoms with Crippen LogP contribution < -0.4 is 0 Å². The molecular weight excluding hydrogens is 443 g/mol. The number of fused-ring (bicyclic) bond motifs is 1. The van der Waals surface area contributed by atoms with Gasteiger partial charge in [-0.1, -0.05) is 31.7 Å². The van der Waals surface area contributed by atoms with E-state index in [1.54, 1.807) is 13.0 Å². The summed E-state index contributed by atoms with van der Waals surface area (Å²) in [4.78, 5) is 17.9. The first kappa shape index (κ1) is 23.0. The van der Waals surface area contributed by atoms with Gasteiger partial charge < -0.3 is 14.7 Å². The van der Waals surface area contributed by atoms with Gasteiger partial charge >= 0.3 is 0 Å². The van der Waals surface area contributed by atoms with E-state index in [9.17, 15) is 14.3 Å². The largest absolute Gasteiger partial charge is 0.508 e. The first-order chi connectivity index (χ1) is 16.4. The molecule has 0 radical (unpaired) electrons. The van der Waals surface area contributed by atoms with Gasteiger partial charge in [0.2, 0.25) is 0 Å². The summed E-state index contributed by atoms with van der Waals surface area (Å²) >= 11 is 0. The third-order valence-corrected chi connectivity index (χ3v) is 9.62. The predicted molar refractivity (Wildman–Crippen MR) is 132 cm³/mol. The summed E-state index contributed by atoms with van der Waals surface area (Å²) in [6, 6.07) is 15.6. The Balaban J connectivity index is 0.00000229. The van der Waals surface area contributed by atoms with Crippen molar-refractivity contribution in [3.05, 3.63) is 65.2 Å². The molecule has 5 unspecified atom stereocenters. The van der Waals surface area contributed by atoms with Crippen molar-refractivity contribution in [2.24, 2.45) is 5.92 Å². The maximum absolute atomic E-state index is 14.2. The van der Waals surface area contributed by atoms with Gasteiger partial charge in [-0.3, -0.25) is 9.69 Å². The summed E-state index contributed by atoms with van der Waals surface area (Å²) in [7, 11) is 0. The molecule has 186 valence electrons. The van der Waals surface area contributed by atoms with Crippen LogP contribution in [0.15, 0.2) is 48.5 Å². The summed E-state index contributed by atoms with van der Waals surface area (Å²) < 4.78 is 21.3. The Morgan fingerprint density at radius 3 is 2.80 bits per heavy atom. The lowest BCUT2D eigenvalue weighted by Gasteiger charge is -2.64. The number of benzene rings is 2. The van der Waals surface area contributed by atoms with E-state index in [0.29, 0.717) is 13.1 Å². The molecule has 2 aromatic rings. The molecule has 2 aromatic carbocycles. The van der Waals surface area contributed by atoms with Gasteiger partial charge in [-0.2, -0.15) is 0 Å². The lowest BCUT2D eigenvalue weighted by Crippen LogP contribution is -2.74. The number of phenols is 1. The van der Waals surface area contributed by atoms with Crippen LogP contribution in [0.5, 0.6) is 5.75 Å². The molecule has 2 aliphatic carbocycles. The summed E-state index contributed by atoms with van der Waals surface area (Å²) in [5.41, 5.74) is 2.55. The average Bonchev–Trinajstić information content (AvgIpc) is 3.27. The molecule has 3 aliphatic heterocycles. The highest BCUT2D eigenvalue weighted by Gasteiger charge is 2.78. The number of carbonyl (C=O) groups excluding carboxylic acids is 1. The number of carbonyl (C=O) groups is 1. The van der Waals surface area contributed by atoms with Crippen LogP contribution in [0.3, 0.4) is 0 Å². The van der Waals surface area contributed by atoms with Gasteiger partial charge in [0.15, 0.2) is 0 Å². The average molecular weight is 479 g/mol. The highest BCUT2D eigenvalue weighted by Crippen LogP contribution is 2.69. The number of ether oxygens (including phenoxy) is 1. The van der Waals surface area contributed by atoms with E-state index in [1.807, 2.05) is 36.4 Å². The minimum absolute atomic E-state index is 0. The molecule has 3 heterocycles. The molecule has 5 nitrogen and oxygen atoms in total. The molecular formula is C29H35FN2O3. The van der Waals surface area contributed by atoms with E-state index in [0.717, 1.165) is 37.8 Å². The number of aromatic hydroxyl groups is 1. The first-order valence-electron chi connectivity index (χ1n) is 12.7. The molecule has 6 heteroatoms. The molecule has 4 fully saturated rings. The quantitative estimate of drug-likeness (QED) is 0.714. The fourth-order valence-electron chi connectivity index (χ4n) is 8.69. The number of piperidine rings is 1. The number of hydrogen-bond acceptors (Lipinski definition) is 4. The van der Waals surface area contributed by atoms with Crippen molar-refractivity contribution in [3.63, 3.8) is 0 Å². The second-order valence-corrected chi connectivity index (χ2v) is 11.1. The van der Waals surface area contributed by atoms with Crippen molar-refractivity contribution in [2.75, 3.05) is 19.6 Å². The maximum atomic E-state index is 14.2. The Morgan fingerprint density at radius 2 is 2.03 bits per heavy atom. The smallest absolute Gasteiger partial charge is 0.254 e. The first-order valence-corrected chi connectivity index (χ1v) is 12.7. The topological polar surface area (TPSA) is 53.0 Å². The number of hydrogen-bond donors (Lipinski definition) is 1. The van der Waals surface area contributed by atoms with Crippen molar-refractivity contribution >= 4 is 5.91 Å². The van der Waals surface area contributed by atoms with Crippen LogP contribution in [0.2, 0.25) is 0 Å². The van der Waals surface area contributed by atoms with E-state index in [2.05, 4.69) is 15.9 Å². The SMILES string of the molecule is C.C[C@H](F)CN1CCC23c4cc(O)ccc4CC1C21CCC2C3[C@@H](CN2C(=O)c2ccccc2)O1. The minimum atomic E-state index is -0.888. The van der Waals surface area contributed by atoms with Gasteiger partial charge in [0.25, 0.3) is 5.91 Å². The van der Waals surface area contributed by atoms with E-state index in [4.69, 9.17) is 4.74 Å². The summed E-state index contributed by atoms with van der Waals surface area (Å²) in [5.74, 6) is 0.568. The van der Waals surface area contributed by atoms with Crippen molar-refractivity contribution in [3.8, 4) is 5.75 Å². The lowest BCUT2D eigenvalue weighted by molar-refractivity contribution is -0.172. The maximum Gasteiger partial charge on any atom is 0.254 e. The number of phenolic OH excluding ortho intramolecular Hbond substituents is 1. The van der Waals surface area contributed by atoms with Crippen LogP contribution in [0.1, 0.15) is 55.1 Å². The predicted octanol–water partition coefficient (Wildman–Crippen LogP) is 4.33. The Bertz CT molecular complexity index is 1160. The second kappa shape index (κ2) is 7.78. The van der Waals surface area contributed by atoms with Crippen molar-refractivity contribution < 1.29 is 19.0 Å². The fraction of sp³-hybridized carbons (Fsp3) is 0.552. The number of likely N-dealkylation sites (tertiary alicyclic amines) is 2. The van der Waals surface area contributed by atoms with Crippen LogP contribution in [-0.2, 0) is 16.6 Å². The van der Waals surface area contributed by atoms with Gasteiger partial charge in [-0.25, -0.2) is 4.39 Å². The molecule has 1 saturated carbocycles. The molecule has 0 spiro atoms. The number of halogens is 1. The third-order valence-electron chi connectivity index (χ3n) is 9.62. The standard InChI is InChI=1S/C28H31FN2O3.CH4/c1-17(29)15-30-12-11-27-21-14-20(32)8-7-19(21)13-24(30)28(27)10-9-22-25(27)23(34-28)16-31(22)26(33)18-5-3-2-4-6-18;/h2-8,14,17,22-25,32H,9-13,15-16H2,1H3;1H4/t17-,22?,23+,24?,25?,27?,28?;/m0./s1. The van der Waals surface area contributed by atoms with Crippen molar-refractivity contribution in [2.45, 2.75) is 75.4 Å². The molecule has 35 heavy (non-hydrogen) atoms. The second-order valence-electron chi connectivity index (χ2n) is 11.1. The highest BCUT2D eigenvalue weighted by molar-refractivity contribution is 5.94. The zero-order valence-electron chi connectivity index (χ0n) is 19.5. The van der Waals surface area contributed by atoms with Crippen LogP contribution in [0.4, 0.5) is 4.39 Å². The van der Waals surface area contributed by atoms with Crippen LogP contribution in [0.25, 0.3) is 0 Å². The molecule has 3 saturated heterocycles. The van der Waals surface area contributed by atoms with Crippen LogP contribution >= 0.6 is 0 Å². The van der Waals surface area contributed by atoms with Gasteiger partial charge in [0.05, 0.1) is 11.7 Å². The minimum Gasteiger partial charge on any atom is -0.508 e. The number of nitrogens with zero attached hydrogens (tertiary/aromatic N) is 2. The zero-order valence-corrected chi connectivity index (χ0v) is 19.5.